The van der Waals surface area contributed by atoms with Gasteiger partial charge in [-0.2, -0.15) is 0 Å². The van der Waals surface area contributed by atoms with Crippen molar-refractivity contribution >= 4 is 11.7 Å². The van der Waals surface area contributed by atoms with Gasteiger partial charge in [0.1, 0.15) is 17.5 Å². The maximum atomic E-state index is 11.6. The second-order valence-electron chi connectivity index (χ2n) is 6.38. The first-order valence-electron chi connectivity index (χ1n) is 8.18. The number of rotatable bonds is 6. The van der Waals surface area contributed by atoms with Crippen molar-refractivity contribution in [2.75, 3.05) is 19.0 Å². The molecule has 5 heteroatoms. The van der Waals surface area contributed by atoms with Gasteiger partial charge in [0, 0.05) is 31.8 Å². The normalized spacial score (nSPS) is 22.0. The van der Waals surface area contributed by atoms with Gasteiger partial charge in [-0.25, -0.2) is 0 Å². The van der Waals surface area contributed by atoms with Crippen molar-refractivity contribution in [3.05, 3.63) is 23.8 Å². The molecule has 128 valence electrons. The standard InChI is InChI=1S/C18H27NO4/c1-6-7-10-21-16-14-11-13(19-5)8-9-15(14)23-18(3,4)17(16)22-12(2)20/h8-9,11,16-17,19H,6-7,10H2,1-5H3. The van der Waals surface area contributed by atoms with E-state index >= 15 is 0 Å². The number of esters is 1. The van der Waals surface area contributed by atoms with Crippen molar-refractivity contribution in [1.82, 2.24) is 0 Å². The van der Waals surface area contributed by atoms with Gasteiger partial charge in [0.15, 0.2) is 6.10 Å². The minimum atomic E-state index is -0.656. The van der Waals surface area contributed by atoms with Crippen LogP contribution in [0.15, 0.2) is 18.2 Å². The summed E-state index contributed by atoms with van der Waals surface area (Å²) in [5, 5.41) is 3.12. The van der Waals surface area contributed by atoms with Gasteiger partial charge in [-0.1, -0.05) is 13.3 Å². The molecule has 1 aromatic carbocycles. The Kier molecular flexibility index (Phi) is 5.52. The fraction of sp³-hybridized carbons (Fsp3) is 0.611. The molecule has 0 spiro atoms. The maximum absolute atomic E-state index is 11.6. The SMILES string of the molecule is CCCCOC1c2cc(NC)ccc2OC(C)(C)C1OC(C)=O. The lowest BCUT2D eigenvalue weighted by Crippen LogP contribution is -2.51. The molecule has 1 N–H and O–H groups in total. The van der Waals surface area contributed by atoms with E-state index in [0.29, 0.717) is 6.61 Å². The predicted octanol–water partition coefficient (Wildman–Crippen LogP) is 3.69. The molecule has 2 unspecified atom stereocenters. The minimum Gasteiger partial charge on any atom is -0.483 e. The number of anilines is 1. The molecule has 1 aliphatic heterocycles. The van der Waals surface area contributed by atoms with E-state index in [4.69, 9.17) is 14.2 Å². The highest BCUT2D eigenvalue weighted by molar-refractivity contribution is 5.66. The third-order valence-electron chi connectivity index (χ3n) is 4.03. The molecule has 0 bridgehead atoms. The van der Waals surface area contributed by atoms with Crippen molar-refractivity contribution in [2.45, 2.75) is 58.3 Å². The largest absolute Gasteiger partial charge is 0.483 e. The van der Waals surface area contributed by atoms with Crippen LogP contribution in [-0.4, -0.2) is 31.3 Å². The fourth-order valence-corrected chi connectivity index (χ4v) is 2.80. The van der Waals surface area contributed by atoms with Gasteiger partial charge in [-0.3, -0.25) is 4.79 Å². The Morgan fingerprint density at radius 2 is 2.13 bits per heavy atom. The molecule has 5 nitrogen and oxygen atoms in total. The summed E-state index contributed by atoms with van der Waals surface area (Å²) in [6, 6.07) is 5.89. The van der Waals surface area contributed by atoms with Crippen LogP contribution < -0.4 is 10.1 Å². The van der Waals surface area contributed by atoms with Crippen molar-refractivity contribution in [2.24, 2.45) is 0 Å². The fourth-order valence-electron chi connectivity index (χ4n) is 2.80. The van der Waals surface area contributed by atoms with E-state index in [2.05, 4.69) is 12.2 Å². The van der Waals surface area contributed by atoms with Crippen LogP contribution in [-0.2, 0) is 14.3 Å². The topological polar surface area (TPSA) is 56.8 Å². The van der Waals surface area contributed by atoms with Gasteiger partial charge >= 0.3 is 5.97 Å². The van der Waals surface area contributed by atoms with Crippen molar-refractivity contribution < 1.29 is 19.0 Å². The number of hydrogen-bond donors (Lipinski definition) is 1. The molecule has 1 aliphatic rings. The summed E-state index contributed by atoms with van der Waals surface area (Å²) < 4.78 is 17.8. The lowest BCUT2D eigenvalue weighted by atomic mass is 9.87. The first-order valence-corrected chi connectivity index (χ1v) is 8.18. The first-order chi connectivity index (χ1) is 10.9. The van der Waals surface area contributed by atoms with Crippen LogP contribution in [0.3, 0.4) is 0 Å². The van der Waals surface area contributed by atoms with Crippen LogP contribution >= 0.6 is 0 Å². The monoisotopic (exact) mass is 321 g/mol. The van der Waals surface area contributed by atoms with E-state index in [0.717, 1.165) is 29.8 Å². The number of ether oxygens (including phenoxy) is 3. The van der Waals surface area contributed by atoms with E-state index in [1.54, 1.807) is 0 Å². The molecule has 0 saturated heterocycles. The molecule has 2 atom stereocenters. The zero-order valence-electron chi connectivity index (χ0n) is 14.6. The average Bonchev–Trinajstić information content (AvgIpc) is 2.49. The third kappa shape index (κ3) is 3.96. The van der Waals surface area contributed by atoms with E-state index in [1.165, 1.54) is 6.92 Å². The molecule has 1 heterocycles. The van der Waals surface area contributed by atoms with Crippen LogP contribution in [0.2, 0.25) is 0 Å². The summed E-state index contributed by atoms with van der Waals surface area (Å²) >= 11 is 0. The molecule has 0 aliphatic carbocycles. The van der Waals surface area contributed by atoms with E-state index < -0.39 is 11.7 Å². The number of carbonyl (C=O) groups excluding carboxylic acids is 1. The van der Waals surface area contributed by atoms with Crippen molar-refractivity contribution in [3.63, 3.8) is 0 Å². The lowest BCUT2D eigenvalue weighted by molar-refractivity contribution is -0.182. The molecule has 0 amide bonds. The first kappa shape index (κ1) is 17.6. The van der Waals surface area contributed by atoms with E-state index in [-0.39, 0.29) is 12.1 Å². The number of benzene rings is 1. The number of carbonyl (C=O) groups is 1. The van der Waals surface area contributed by atoms with Gasteiger partial charge in [0.05, 0.1) is 0 Å². The number of hydrogen-bond acceptors (Lipinski definition) is 5. The second kappa shape index (κ2) is 7.21. The van der Waals surface area contributed by atoms with Gasteiger partial charge in [-0.15, -0.1) is 0 Å². The molecule has 1 aromatic rings. The molecule has 0 aromatic heterocycles. The van der Waals surface area contributed by atoms with Crippen molar-refractivity contribution in [1.29, 1.82) is 0 Å². The minimum absolute atomic E-state index is 0.330. The highest BCUT2D eigenvalue weighted by Gasteiger charge is 2.47. The molecule has 0 radical (unpaired) electrons. The van der Waals surface area contributed by atoms with Crippen LogP contribution in [0.5, 0.6) is 5.75 Å². The maximum Gasteiger partial charge on any atom is 0.303 e. The molecule has 23 heavy (non-hydrogen) atoms. The van der Waals surface area contributed by atoms with Crippen LogP contribution in [0, 0.1) is 0 Å². The van der Waals surface area contributed by atoms with Crippen LogP contribution in [0.1, 0.15) is 52.2 Å². The Hall–Kier alpha value is -1.75. The summed E-state index contributed by atoms with van der Waals surface area (Å²) in [4.78, 5) is 11.6. The summed E-state index contributed by atoms with van der Waals surface area (Å²) in [5.74, 6) is 0.447. The Bertz CT molecular complexity index is 556. The molecule has 0 fully saturated rings. The second-order valence-corrected chi connectivity index (χ2v) is 6.38. The Balaban J connectivity index is 2.40. The summed E-state index contributed by atoms with van der Waals surface area (Å²) in [5.41, 5.74) is 1.23. The lowest BCUT2D eigenvalue weighted by Gasteiger charge is -2.43. The summed E-state index contributed by atoms with van der Waals surface area (Å²) in [6.07, 6.45) is 1.19. The zero-order valence-corrected chi connectivity index (χ0v) is 14.6. The Morgan fingerprint density at radius 3 is 2.74 bits per heavy atom. The van der Waals surface area contributed by atoms with E-state index in [1.807, 2.05) is 39.1 Å². The van der Waals surface area contributed by atoms with Crippen LogP contribution in [0.25, 0.3) is 0 Å². The Morgan fingerprint density at radius 1 is 1.39 bits per heavy atom. The third-order valence-corrected chi connectivity index (χ3v) is 4.03. The van der Waals surface area contributed by atoms with E-state index in [9.17, 15) is 4.79 Å². The molecular weight excluding hydrogens is 294 g/mol. The summed E-state index contributed by atoms with van der Waals surface area (Å²) in [7, 11) is 1.87. The number of nitrogens with one attached hydrogen (secondary N) is 1. The molecular formula is C18H27NO4. The molecule has 0 saturated carbocycles. The smallest absolute Gasteiger partial charge is 0.303 e. The van der Waals surface area contributed by atoms with Gasteiger partial charge in [0.2, 0.25) is 0 Å². The van der Waals surface area contributed by atoms with Crippen molar-refractivity contribution in [3.8, 4) is 5.75 Å². The number of fused-ring (bicyclic) bond motifs is 1. The number of unbranched alkanes of at least 4 members (excludes halogenated alkanes) is 1. The predicted molar refractivity (Wildman–Crippen MR) is 89.9 cm³/mol. The van der Waals surface area contributed by atoms with Crippen LogP contribution in [0.4, 0.5) is 5.69 Å². The van der Waals surface area contributed by atoms with Gasteiger partial charge < -0.3 is 19.5 Å². The summed E-state index contributed by atoms with van der Waals surface area (Å²) in [6.45, 7) is 8.00. The molecule has 2 rings (SSSR count). The highest BCUT2D eigenvalue weighted by Crippen LogP contribution is 2.44. The average molecular weight is 321 g/mol. The Labute approximate surface area is 138 Å². The quantitative estimate of drug-likeness (QED) is 0.640. The van der Waals surface area contributed by atoms with Gasteiger partial charge in [0.25, 0.3) is 0 Å². The highest BCUT2D eigenvalue weighted by atomic mass is 16.6. The zero-order chi connectivity index (χ0) is 17.0. The van der Waals surface area contributed by atoms with Gasteiger partial charge in [-0.05, 0) is 38.5 Å².